The van der Waals surface area contributed by atoms with Crippen molar-refractivity contribution in [3.63, 3.8) is 0 Å². The maximum Gasteiger partial charge on any atom is 0.232 e. The van der Waals surface area contributed by atoms with Gasteiger partial charge in [0.05, 0.1) is 11.6 Å². The standard InChI is InChI=1S/C22H19NOS/c1-13-6-10-16(11-7-13)22-20-15-9-8-14(12-15)19(20)21(24)23(22)17-4-2-3-5-18(17)25-22/h2-11,14-15,19-20H,12H2,1H3/t14-,15+,19+,20-,22-/m0/s1. The van der Waals surface area contributed by atoms with Crippen LogP contribution in [-0.4, -0.2) is 5.91 Å². The molecule has 2 aromatic carbocycles. The molecule has 2 aromatic rings. The number of hydrogen-bond donors (Lipinski definition) is 0. The first kappa shape index (κ1) is 14.2. The second-order valence-electron chi connectivity index (χ2n) is 7.81. The van der Waals surface area contributed by atoms with E-state index in [-0.39, 0.29) is 10.8 Å². The van der Waals surface area contributed by atoms with Gasteiger partial charge in [0.1, 0.15) is 4.87 Å². The van der Waals surface area contributed by atoms with Crippen LogP contribution in [0.5, 0.6) is 0 Å². The number of amides is 1. The second-order valence-corrected chi connectivity index (χ2v) is 9.07. The van der Waals surface area contributed by atoms with Crippen LogP contribution in [0.3, 0.4) is 0 Å². The molecule has 1 saturated heterocycles. The molecule has 0 N–H and O–H groups in total. The molecule has 2 aliphatic carbocycles. The highest BCUT2D eigenvalue weighted by Gasteiger charge is 2.69. The zero-order chi connectivity index (χ0) is 16.8. The average Bonchev–Trinajstić information content (AvgIpc) is 3.35. The van der Waals surface area contributed by atoms with Gasteiger partial charge in [0, 0.05) is 10.8 Å². The fourth-order valence-corrected chi connectivity index (χ4v) is 7.37. The molecule has 4 aliphatic rings. The van der Waals surface area contributed by atoms with Gasteiger partial charge in [-0.3, -0.25) is 9.69 Å². The quantitative estimate of drug-likeness (QED) is 0.696. The molecule has 3 heteroatoms. The summed E-state index contributed by atoms with van der Waals surface area (Å²) in [5.74, 6) is 1.81. The van der Waals surface area contributed by atoms with Gasteiger partial charge in [-0.05, 0) is 42.9 Å². The summed E-state index contributed by atoms with van der Waals surface area (Å²) >= 11 is 1.90. The normalized spacial score (nSPS) is 36.7. The number of carbonyl (C=O) groups is 1. The third-order valence-corrected chi connectivity index (χ3v) is 8.15. The summed E-state index contributed by atoms with van der Waals surface area (Å²) in [6.07, 6.45) is 5.83. The Labute approximate surface area is 151 Å². The van der Waals surface area contributed by atoms with Crippen LogP contribution in [0.1, 0.15) is 17.5 Å². The van der Waals surface area contributed by atoms with Crippen molar-refractivity contribution in [2.24, 2.45) is 23.7 Å². The summed E-state index contributed by atoms with van der Waals surface area (Å²) in [6.45, 7) is 2.12. The molecule has 6 rings (SSSR count). The van der Waals surface area contributed by atoms with Crippen LogP contribution in [0, 0.1) is 30.6 Å². The molecule has 0 unspecified atom stereocenters. The molecule has 0 aromatic heterocycles. The Kier molecular flexibility index (Phi) is 2.60. The molecule has 0 spiro atoms. The first-order valence-corrected chi connectivity index (χ1v) is 9.89. The third kappa shape index (κ3) is 1.56. The maximum absolute atomic E-state index is 13.5. The molecule has 1 amide bonds. The molecule has 5 atom stereocenters. The summed E-state index contributed by atoms with van der Waals surface area (Å²) in [5.41, 5.74) is 3.65. The number of anilines is 1. The molecular weight excluding hydrogens is 326 g/mol. The first-order chi connectivity index (χ1) is 12.2. The van der Waals surface area contributed by atoms with Crippen molar-refractivity contribution >= 4 is 23.4 Å². The van der Waals surface area contributed by atoms with Crippen LogP contribution in [0.4, 0.5) is 5.69 Å². The van der Waals surface area contributed by atoms with Gasteiger partial charge in [0.25, 0.3) is 0 Å². The minimum atomic E-state index is -0.274. The SMILES string of the molecule is Cc1ccc([C@@]23Sc4ccccc4N2C(=O)[C@H]2[C@@H]3[C@@H]3C=C[C@H]2C3)cc1. The molecule has 25 heavy (non-hydrogen) atoms. The van der Waals surface area contributed by atoms with E-state index in [1.807, 2.05) is 11.8 Å². The van der Waals surface area contributed by atoms with Gasteiger partial charge < -0.3 is 0 Å². The summed E-state index contributed by atoms with van der Waals surface area (Å²) in [4.78, 5) is 16.7. The molecule has 2 heterocycles. The van der Waals surface area contributed by atoms with Gasteiger partial charge in [0.15, 0.2) is 0 Å². The van der Waals surface area contributed by atoms with E-state index >= 15 is 0 Å². The average molecular weight is 345 g/mol. The minimum Gasteiger partial charge on any atom is -0.291 e. The largest absolute Gasteiger partial charge is 0.291 e. The predicted octanol–water partition coefficient (Wildman–Crippen LogP) is 4.74. The molecular formula is C22H19NOS. The van der Waals surface area contributed by atoms with Crippen molar-refractivity contribution in [3.8, 4) is 0 Å². The Bertz CT molecular complexity index is 933. The number of hydrogen-bond acceptors (Lipinski definition) is 2. The van der Waals surface area contributed by atoms with Crippen molar-refractivity contribution in [2.45, 2.75) is 23.1 Å². The highest BCUT2D eigenvalue weighted by molar-refractivity contribution is 8.01. The second kappa shape index (κ2) is 4.59. The summed E-state index contributed by atoms with van der Waals surface area (Å²) < 4.78 is 0. The highest BCUT2D eigenvalue weighted by Crippen LogP contribution is 2.71. The van der Waals surface area contributed by atoms with Crippen LogP contribution < -0.4 is 4.90 Å². The van der Waals surface area contributed by atoms with Gasteiger partial charge >= 0.3 is 0 Å². The van der Waals surface area contributed by atoms with Crippen molar-refractivity contribution in [3.05, 3.63) is 71.8 Å². The number of nitrogens with zero attached hydrogens (tertiary/aromatic N) is 1. The highest BCUT2D eigenvalue weighted by atomic mass is 32.2. The van der Waals surface area contributed by atoms with E-state index in [1.54, 1.807) is 0 Å². The van der Waals surface area contributed by atoms with Crippen molar-refractivity contribution < 1.29 is 4.79 Å². The number of para-hydroxylation sites is 1. The molecule has 1 saturated carbocycles. The Morgan fingerprint density at radius 3 is 2.64 bits per heavy atom. The fraction of sp³-hybridized carbons (Fsp3) is 0.318. The number of carbonyl (C=O) groups excluding carboxylic acids is 1. The van der Waals surface area contributed by atoms with E-state index in [4.69, 9.17) is 0 Å². The number of allylic oxidation sites excluding steroid dienone is 2. The lowest BCUT2D eigenvalue weighted by atomic mass is 9.79. The van der Waals surface area contributed by atoms with E-state index in [1.165, 1.54) is 16.0 Å². The number of aryl methyl sites for hydroxylation is 1. The number of fused-ring (bicyclic) bond motifs is 9. The number of benzene rings is 2. The van der Waals surface area contributed by atoms with E-state index in [0.29, 0.717) is 23.7 Å². The lowest BCUT2D eigenvalue weighted by molar-refractivity contribution is -0.121. The number of rotatable bonds is 1. The van der Waals surface area contributed by atoms with Crippen molar-refractivity contribution in [1.82, 2.24) is 0 Å². The topological polar surface area (TPSA) is 20.3 Å². The molecule has 2 fully saturated rings. The zero-order valence-electron chi connectivity index (χ0n) is 14.1. The van der Waals surface area contributed by atoms with Gasteiger partial charge in [-0.15, -0.1) is 0 Å². The Morgan fingerprint density at radius 1 is 1.04 bits per heavy atom. The summed E-state index contributed by atoms with van der Waals surface area (Å²) in [7, 11) is 0. The van der Waals surface area contributed by atoms with Gasteiger partial charge in [-0.2, -0.15) is 0 Å². The van der Waals surface area contributed by atoms with Crippen LogP contribution in [-0.2, 0) is 9.67 Å². The maximum atomic E-state index is 13.5. The third-order valence-electron chi connectivity index (χ3n) is 6.59. The van der Waals surface area contributed by atoms with Gasteiger partial charge in [-0.25, -0.2) is 0 Å². The minimum absolute atomic E-state index is 0.150. The van der Waals surface area contributed by atoms with Crippen LogP contribution in [0.15, 0.2) is 65.6 Å². The molecule has 0 radical (unpaired) electrons. The molecule has 2 aliphatic heterocycles. The fourth-order valence-electron chi connectivity index (χ4n) is 5.63. The molecule has 124 valence electrons. The van der Waals surface area contributed by atoms with Crippen molar-refractivity contribution in [2.75, 3.05) is 4.90 Å². The van der Waals surface area contributed by atoms with E-state index < -0.39 is 0 Å². The van der Waals surface area contributed by atoms with Crippen molar-refractivity contribution in [1.29, 1.82) is 0 Å². The monoisotopic (exact) mass is 345 g/mol. The van der Waals surface area contributed by atoms with Gasteiger partial charge in [-0.1, -0.05) is 65.9 Å². The summed E-state index contributed by atoms with van der Waals surface area (Å²) in [6, 6.07) is 17.3. The molecule has 2 bridgehead atoms. The zero-order valence-corrected chi connectivity index (χ0v) is 14.9. The van der Waals surface area contributed by atoms with E-state index in [9.17, 15) is 4.79 Å². The molecule has 2 nitrogen and oxygen atoms in total. The van der Waals surface area contributed by atoms with Crippen LogP contribution in [0.2, 0.25) is 0 Å². The van der Waals surface area contributed by atoms with Crippen LogP contribution >= 0.6 is 11.8 Å². The summed E-state index contributed by atoms with van der Waals surface area (Å²) in [5, 5.41) is 0. The number of thioether (sulfide) groups is 1. The van der Waals surface area contributed by atoms with Crippen LogP contribution in [0.25, 0.3) is 0 Å². The van der Waals surface area contributed by atoms with Gasteiger partial charge in [0.2, 0.25) is 5.91 Å². The van der Waals surface area contributed by atoms with E-state index in [0.717, 1.165) is 12.1 Å². The van der Waals surface area contributed by atoms with E-state index in [2.05, 4.69) is 72.5 Å². The Morgan fingerprint density at radius 2 is 1.80 bits per heavy atom. The Hall–Kier alpha value is -2.00. The predicted molar refractivity (Wildman–Crippen MR) is 100 cm³/mol. The lowest BCUT2D eigenvalue weighted by Crippen LogP contribution is -2.42. The lowest BCUT2D eigenvalue weighted by Gasteiger charge is -2.38. The smallest absolute Gasteiger partial charge is 0.232 e. The Balaban J connectivity index is 1.63. The first-order valence-electron chi connectivity index (χ1n) is 9.08.